The highest BCUT2D eigenvalue weighted by Gasteiger charge is 2.10. The van der Waals surface area contributed by atoms with Crippen molar-refractivity contribution in [3.8, 4) is 0 Å². The van der Waals surface area contributed by atoms with Crippen molar-refractivity contribution >= 4 is 5.97 Å². The third-order valence-electron chi connectivity index (χ3n) is 4.00. The zero-order chi connectivity index (χ0) is 16.5. The first-order chi connectivity index (χ1) is 10.7. The van der Waals surface area contributed by atoms with Gasteiger partial charge in [-0.05, 0) is 6.42 Å². The fourth-order valence-corrected chi connectivity index (χ4v) is 2.56. The van der Waals surface area contributed by atoms with Crippen LogP contribution in [0.1, 0.15) is 103 Å². The third-order valence-corrected chi connectivity index (χ3v) is 4.00. The van der Waals surface area contributed by atoms with Gasteiger partial charge in [0.2, 0.25) is 6.29 Å². The van der Waals surface area contributed by atoms with Crippen LogP contribution in [0.15, 0.2) is 0 Å². The van der Waals surface area contributed by atoms with Gasteiger partial charge in [-0.15, -0.1) is 0 Å². The van der Waals surface area contributed by atoms with E-state index in [-0.39, 0.29) is 12.4 Å². The van der Waals surface area contributed by atoms with Crippen LogP contribution < -0.4 is 0 Å². The lowest BCUT2D eigenvalue weighted by Crippen LogP contribution is -2.16. The number of ether oxygens (including phenoxy) is 1. The van der Waals surface area contributed by atoms with Gasteiger partial charge in [0.1, 0.15) is 6.42 Å². The van der Waals surface area contributed by atoms with E-state index in [1.54, 1.807) is 0 Å². The monoisotopic (exact) mass is 313 g/mol. The van der Waals surface area contributed by atoms with Gasteiger partial charge in [0.15, 0.2) is 0 Å². The van der Waals surface area contributed by atoms with Crippen molar-refractivity contribution in [2.45, 2.75) is 110 Å². The largest absolute Gasteiger partial charge is 0.431 e. The Bertz CT molecular complexity index is 241. The van der Waals surface area contributed by atoms with E-state index in [0.717, 1.165) is 12.8 Å². The molecule has 0 saturated carbocycles. The molecule has 0 saturated heterocycles. The maximum Gasteiger partial charge on any atom is 0.308 e. The first-order valence-corrected chi connectivity index (χ1v) is 9.37. The van der Waals surface area contributed by atoms with Crippen LogP contribution in [0.5, 0.6) is 0 Å². The third kappa shape index (κ3) is 15.7. The number of hydrogen-bond acceptors (Lipinski definition) is 3. The van der Waals surface area contributed by atoms with E-state index >= 15 is 0 Å². The van der Waals surface area contributed by atoms with Gasteiger partial charge in [-0.2, -0.15) is 0 Å². The first kappa shape index (κ1) is 21.3. The first-order valence-electron chi connectivity index (χ1n) is 9.37. The molecule has 0 aromatic heterocycles. The van der Waals surface area contributed by atoms with E-state index in [4.69, 9.17) is 9.84 Å². The van der Waals surface area contributed by atoms with Gasteiger partial charge < -0.3 is 9.84 Å². The molecule has 3 nitrogen and oxygen atoms in total. The number of carbonyl (C=O) groups excluding carboxylic acids is 1. The molecule has 0 aliphatic carbocycles. The molecule has 0 aromatic rings. The smallest absolute Gasteiger partial charge is 0.308 e. The Balaban J connectivity index is 3.12. The van der Waals surface area contributed by atoms with Crippen LogP contribution in [0.4, 0.5) is 0 Å². The Hall–Kier alpha value is -0.700. The van der Waals surface area contributed by atoms with E-state index in [0.29, 0.717) is 6.42 Å². The van der Waals surface area contributed by atoms with Crippen LogP contribution in [0.3, 0.4) is 0 Å². The van der Waals surface area contributed by atoms with Crippen molar-refractivity contribution in [1.29, 1.82) is 0 Å². The minimum absolute atomic E-state index is 0.213. The predicted molar refractivity (Wildman–Crippen MR) is 92.4 cm³/mol. The van der Waals surface area contributed by atoms with Gasteiger partial charge in [-0.3, -0.25) is 4.79 Å². The Kier molecular flexibility index (Phi) is 16.1. The molecular weight excluding hydrogens is 276 g/mol. The number of unbranched alkanes of at least 4 members (excludes halogenated alkanes) is 12. The van der Waals surface area contributed by atoms with Crippen LogP contribution in [0.25, 0.3) is 0 Å². The Morgan fingerprint density at radius 1 is 0.864 bits per heavy atom. The second-order valence-electron chi connectivity index (χ2n) is 6.23. The molecule has 0 rings (SSSR count). The summed E-state index contributed by atoms with van der Waals surface area (Å²) in [6, 6.07) is 0. The number of rotatable bonds is 16. The Morgan fingerprint density at radius 3 is 1.68 bits per heavy atom. The quantitative estimate of drug-likeness (QED) is 0.176. The number of esters is 1. The summed E-state index contributed by atoms with van der Waals surface area (Å²) >= 11 is 0. The summed E-state index contributed by atoms with van der Waals surface area (Å²) in [7, 11) is 0. The van der Waals surface area contributed by atoms with E-state index in [1.165, 1.54) is 70.6 Å². The van der Waals surface area contributed by atoms with Gasteiger partial charge in [0.05, 0.1) is 6.92 Å². The number of hydrogen-bond donors (Lipinski definition) is 1. The molecule has 0 heterocycles. The van der Waals surface area contributed by atoms with Crippen molar-refractivity contribution in [1.82, 2.24) is 0 Å². The van der Waals surface area contributed by atoms with Crippen molar-refractivity contribution in [3.63, 3.8) is 0 Å². The van der Waals surface area contributed by atoms with Crippen molar-refractivity contribution < 1.29 is 14.6 Å². The summed E-state index contributed by atoms with van der Waals surface area (Å²) in [6.07, 6.45) is 16.4. The average Bonchev–Trinajstić information content (AvgIpc) is 2.51. The molecule has 0 aromatic carbocycles. The molecule has 0 spiro atoms. The zero-order valence-electron chi connectivity index (χ0n) is 14.7. The highest BCUT2D eigenvalue weighted by atomic mass is 16.6. The van der Waals surface area contributed by atoms with Crippen molar-refractivity contribution in [3.05, 3.63) is 6.92 Å². The molecular formula is C19H37O3+. The lowest BCUT2D eigenvalue weighted by atomic mass is 10.0. The second-order valence-corrected chi connectivity index (χ2v) is 6.23. The fourth-order valence-electron chi connectivity index (χ4n) is 2.56. The molecule has 0 aliphatic heterocycles. The maximum absolute atomic E-state index is 11.3. The zero-order valence-corrected chi connectivity index (χ0v) is 14.7. The molecule has 0 amide bonds. The average molecular weight is 314 g/mol. The topological polar surface area (TPSA) is 46.5 Å². The molecule has 0 fully saturated rings. The standard InChI is InChI=1S/C19H37O3/c1-3-5-6-7-8-9-10-11-12-13-14-15-16-17-19(21)22-18(20)4-2/h18,20H,2-17H2,1H3/q+1. The predicted octanol–water partition coefficient (Wildman–Crippen LogP) is 5.55. The fraction of sp³-hybridized carbons (Fsp3) is 0.895. The minimum atomic E-state index is -1.03. The summed E-state index contributed by atoms with van der Waals surface area (Å²) in [6.45, 7) is 5.74. The SMILES string of the molecule is [CH2+]CC(O)OC(=O)CCCCCCCCCCCCCCC. The lowest BCUT2D eigenvalue weighted by Gasteiger charge is -2.07. The van der Waals surface area contributed by atoms with Gasteiger partial charge >= 0.3 is 5.97 Å². The molecule has 130 valence electrons. The molecule has 0 aliphatic rings. The highest BCUT2D eigenvalue weighted by molar-refractivity contribution is 5.69. The van der Waals surface area contributed by atoms with Crippen LogP contribution in [-0.4, -0.2) is 17.4 Å². The van der Waals surface area contributed by atoms with Crippen LogP contribution in [-0.2, 0) is 9.53 Å². The highest BCUT2D eigenvalue weighted by Crippen LogP contribution is 2.13. The normalized spacial score (nSPS) is 12.3. The summed E-state index contributed by atoms with van der Waals surface area (Å²) in [5.74, 6) is -0.306. The molecule has 3 heteroatoms. The van der Waals surface area contributed by atoms with E-state index in [1.807, 2.05) is 0 Å². The summed E-state index contributed by atoms with van der Waals surface area (Å²) in [5, 5.41) is 9.13. The summed E-state index contributed by atoms with van der Waals surface area (Å²) in [5.41, 5.74) is 0. The van der Waals surface area contributed by atoms with Crippen LogP contribution in [0, 0.1) is 6.92 Å². The van der Waals surface area contributed by atoms with E-state index in [2.05, 4.69) is 13.8 Å². The molecule has 22 heavy (non-hydrogen) atoms. The minimum Gasteiger partial charge on any atom is -0.431 e. The molecule has 0 bridgehead atoms. The molecule has 1 atom stereocenters. The van der Waals surface area contributed by atoms with Crippen LogP contribution in [0.2, 0.25) is 0 Å². The van der Waals surface area contributed by atoms with Crippen LogP contribution >= 0.6 is 0 Å². The van der Waals surface area contributed by atoms with Crippen molar-refractivity contribution in [2.24, 2.45) is 0 Å². The Labute approximate surface area is 137 Å². The van der Waals surface area contributed by atoms with E-state index in [9.17, 15) is 4.79 Å². The summed E-state index contributed by atoms with van der Waals surface area (Å²) in [4.78, 5) is 11.3. The van der Waals surface area contributed by atoms with E-state index < -0.39 is 6.29 Å². The van der Waals surface area contributed by atoms with Gasteiger partial charge in [0, 0.05) is 6.42 Å². The molecule has 0 radical (unpaired) electrons. The molecule has 1 unspecified atom stereocenters. The number of carbonyl (C=O) groups is 1. The number of aliphatic hydroxyl groups excluding tert-OH is 1. The van der Waals surface area contributed by atoms with Gasteiger partial charge in [-0.25, -0.2) is 0 Å². The molecule has 1 N–H and O–H groups in total. The summed E-state index contributed by atoms with van der Waals surface area (Å²) < 4.78 is 4.76. The Morgan fingerprint density at radius 2 is 1.27 bits per heavy atom. The van der Waals surface area contributed by atoms with Crippen molar-refractivity contribution in [2.75, 3.05) is 0 Å². The second kappa shape index (κ2) is 16.7. The maximum atomic E-state index is 11.3. The lowest BCUT2D eigenvalue weighted by molar-refractivity contribution is -0.167. The van der Waals surface area contributed by atoms with Gasteiger partial charge in [0.25, 0.3) is 0 Å². The van der Waals surface area contributed by atoms with Gasteiger partial charge in [-0.1, -0.05) is 84.0 Å². The number of aliphatic hydroxyl groups is 1.